The van der Waals surface area contributed by atoms with Crippen molar-refractivity contribution in [2.45, 2.75) is 60.3 Å². The largest absolute Gasteiger partial charge is 0.487 e. The van der Waals surface area contributed by atoms with Crippen LogP contribution in [-0.2, 0) is 24.7 Å². The highest BCUT2D eigenvalue weighted by atomic mass is 32.3. The molecule has 0 heterocycles. The molecule has 9 heteroatoms. The standard InChI is InChI=1S/C20H30O3.H3N.H2O4S/c1-7-22-19(6)20(21)23-15-14-18(5)13-9-12-17(4)11-8-10-16(2)3;;1-5(2,3)4/h10,12,15H,6-9,11,13H2,1-5H3;1H3;(H2,1,2,3,4). The molecule has 0 rings (SSSR count). The van der Waals surface area contributed by atoms with Gasteiger partial charge in [0.15, 0.2) is 5.76 Å². The van der Waals surface area contributed by atoms with Crippen LogP contribution < -0.4 is 6.15 Å². The Hall–Kier alpha value is -2.16. The van der Waals surface area contributed by atoms with E-state index >= 15 is 0 Å². The summed E-state index contributed by atoms with van der Waals surface area (Å²) in [5.41, 5.74) is 6.76. The second-order valence-electron chi connectivity index (χ2n) is 6.16. The molecule has 0 radical (unpaired) electrons. The van der Waals surface area contributed by atoms with Crippen molar-refractivity contribution in [3.63, 3.8) is 0 Å². The molecule has 0 aromatic rings. The molecule has 0 aromatic heterocycles. The third-order valence-electron chi connectivity index (χ3n) is 3.12. The predicted molar refractivity (Wildman–Crippen MR) is 115 cm³/mol. The molecule has 0 saturated heterocycles. The van der Waals surface area contributed by atoms with Crippen molar-refractivity contribution >= 4 is 16.4 Å². The van der Waals surface area contributed by atoms with Gasteiger partial charge in [-0.2, -0.15) is 8.42 Å². The molecular formula is C20H35NO7S. The van der Waals surface area contributed by atoms with E-state index in [1.165, 1.54) is 17.4 Å². The quantitative estimate of drug-likeness (QED) is 0.107. The van der Waals surface area contributed by atoms with Gasteiger partial charge in [-0.05, 0) is 72.5 Å². The van der Waals surface area contributed by atoms with Gasteiger partial charge in [0, 0.05) is 0 Å². The van der Waals surface area contributed by atoms with Crippen LogP contribution in [0.15, 0.2) is 53.2 Å². The SMILES string of the molecule is C=C(OCC)C(=O)OC=C=C(C)CCC=C(C)CCC=C(C)C.N.O=S(=O)(O)O. The van der Waals surface area contributed by atoms with Crippen LogP contribution in [-0.4, -0.2) is 30.1 Å². The van der Waals surface area contributed by atoms with Crippen LogP contribution in [0, 0.1) is 0 Å². The Bertz CT molecular complexity index is 716. The van der Waals surface area contributed by atoms with E-state index in [9.17, 15) is 4.79 Å². The lowest BCUT2D eigenvalue weighted by Gasteiger charge is -2.02. The highest BCUT2D eigenvalue weighted by Gasteiger charge is 2.06. The van der Waals surface area contributed by atoms with E-state index in [0.29, 0.717) is 6.61 Å². The minimum atomic E-state index is -4.67. The third-order valence-corrected chi connectivity index (χ3v) is 3.12. The molecular weight excluding hydrogens is 398 g/mol. The predicted octanol–water partition coefficient (Wildman–Crippen LogP) is 5.12. The molecule has 8 nitrogen and oxygen atoms in total. The number of allylic oxidation sites excluding steroid dienone is 5. The Morgan fingerprint density at radius 2 is 1.59 bits per heavy atom. The molecule has 0 aliphatic carbocycles. The van der Waals surface area contributed by atoms with Gasteiger partial charge in [0.1, 0.15) is 6.26 Å². The zero-order chi connectivity index (χ0) is 22.2. The van der Waals surface area contributed by atoms with Crippen molar-refractivity contribution in [2.75, 3.05) is 6.61 Å². The van der Waals surface area contributed by atoms with E-state index in [-0.39, 0.29) is 11.9 Å². The number of carbonyl (C=O) groups excluding carboxylic acids is 1. The monoisotopic (exact) mass is 433 g/mol. The number of carbonyl (C=O) groups is 1. The van der Waals surface area contributed by atoms with Gasteiger partial charge in [0.25, 0.3) is 0 Å². The molecule has 5 N–H and O–H groups in total. The Labute approximate surface area is 174 Å². The van der Waals surface area contributed by atoms with Crippen molar-refractivity contribution in [3.8, 4) is 0 Å². The van der Waals surface area contributed by atoms with Crippen LogP contribution in [0.3, 0.4) is 0 Å². The molecule has 29 heavy (non-hydrogen) atoms. The summed E-state index contributed by atoms with van der Waals surface area (Å²) in [4.78, 5) is 11.4. The molecule has 0 aliphatic heterocycles. The molecule has 0 fully saturated rings. The zero-order valence-electron chi connectivity index (χ0n) is 18.0. The highest BCUT2D eigenvalue weighted by Crippen LogP contribution is 2.10. The minimum absolute atomic E-state index is 0. The summed E-state index contributed by atoms with van der Waals surface area (Å²) < 4.78 is 41.4. The first-order valence-corrected chi connectivity index (χ1v) is 10.2. The molecule has 0 unspecified atom stereocenters. The Kier molecular flexibility index (Phi) is 19.5. The van der Waals surface area contributed by atoms with Crippen LogP contribution >= 0.6 is 0 Å². The maximum atomic E-state index is 11.4. The van der Waals surface area contributed by atoms with Crippen LogP contribution in [0.1, 0.15) is 60.3 Å². The van der Waals surface area contributed by atoms with Gasteiger partial charge >= 0.3 is 16.4 Å². The van der Waals surface area contributed by atoms with Crippen LogP contribution in [0.25, 0.3) is 0 Å². The fraction of sp³-hybridized carbons (Fsp3) is 0.500. The van der Waals surface area contributed by atoms with E-state index in [4.69, 9.17) is 27.0 Å². The van der Waals surface area contributed by atoms with Crippen molar-refractivity contribution in [1.82, 2.24) is 6.15 Å². The fourth-order valence-corrected chi connectivity index (χ4v) is 1.78. The number of esters is 1. The number of rotatable bonds is 10. The van der Waals surface area contributed by atoms with E-state index in [0.717, 1.165) is 31.3 Å². The normalized spacial score (nSPS) is 10.2. The van der Waals surface area contributed by atoms with Crippen LogP contribution in [0.5, 0.6) is 0 Å². The Morgan fingerprint density at radius 3 is 2.07 bits per heavy atom. The first-order valence-electron chi connectivity index (χ1n) is 8.79. The van der Waals surface area contributed by atoms with Crippen molar-refractivity contribution < 1.29 is 31.8 Å². The van der Waals surface area contributed by atoms with Gasteiger partial charge in [-0.25, -0.2) is 4.79 Å². The Balaban J connectivity index is -0.000000997. The molecule has 0 amide bonds. The van der Waals surface area contributed by atoms with Crippen molar-refractivity contribution in [3.05, 3.63) is 53.2 Å². The first kappa shape index (κ1) is 31.5. The lowest BCUT2D eigenvalue weighted by molar-refractivity contribution is -0.137. The summed E-state index contributed by atoms with van der Waals surface area (Å²) in [5.74, 6) is -0.569. The van der Waals surface area contributed by atoms with Gasteiger partial charge in [-0.1, -0.05) is 29.0 Å². The average Bonchev–Trinajstić information content (AvgIpc) is 2.53. The van der Waals surface area contributed by atoms with E-state index in [2.05, 4.69) is 45.2 Å². The maximum Gasteiger partial charge on any atom is 0.394 e. The second-order valence-corrected chi connectivity index (χ2v) is 7.06. The molecule has 0 spiro atoms. The molecule has 168 valence electrons. The average molecular weight is 434 g/mol. The third kappa shape index (κ3) is 28.2. The summed E-state index contributed by atoms with van der Waals surface area (Å²) in [6.45, 7) is 14.0. The van der Waals surface area contributed by atoms with E-state index < -0.39 is 16.4 Å². The van der Waals surface area contributed by atoms with E-state index in [1.807, 2.05) is 6.92 Å². The van der Waals surface area contributed by atoms with Gasteiger partial charge in [0.2, 0.25) is 0 Å². The highest BCUT2D eigenvalue weighted by molar-refractivity contribution is 7.79. The van der Waals surface area contributed by atoms with Gasteiger partial charge in [-0.15, -0.1) is 0 Å². The fourth-order valence-electron chi connectivity index (χ4n) is 1.78. The van der Waals surface area contributed by atoms with Crippen molar-refractivity contribution in [2.24, 2.45) is 0 Å². The number of hydrogen-bond donors (Lipinski definition) is 3. The molecule has 0 atom stereocenters. The first-order chi connectivity index (χ1) is 12.9. The van der Waals surface area contributed by atoms with Crippen LogP contribution in [0.4, 0.5) is 0 Å². The van der Waals surface area contributed by atoms with Gasteiger partial charge < -0.3 is 15.6 Å². The topological polar surface area (TPSA) is 145 Å². The second kappa shape index (κ2) is 17.9. The van der Waals surface area contributed by atoms with Crippen LogP contribution in [0.2, 0.25) is 0 Å². The molecule has 0 bridgehead atoms. The minimum Gasteiger partial charge on any atom is -0.487 e. The molecule has 0 aliphatic rings. The maximum absolute atomic E-state index is 11.4. The molecule has 0 saturated carbocycles. The summed E-state index contributed by atoms with van der Waals surface area (Å²) in [5, 5.41) is 0. The summed E-state index contributed by atoms with van der Waals surface area (Å²) in [6, 6.07) is 0. The molecule has 0 aromatic carbocycles. The number of ether oxygens (including phenoxy) is 2. The van der Waals surface area contributed by atoms with E-state index in [1.54, 1.807) is 6.92 Å². The lowest BCUT2D eigenvalue weighted by atomic mass is 10.1. The smallest absolute Gasteiger partial charge is 0.394 e. The summed E-state index contributed by atoms with van der Waals surface area (Å²) in [6.07, 6.45) is 9.84. The summed E-state index contributed by atoms with van der Waals surface area (Å²) >= 11 is 0. The van der Waals surface area contributed by atoms with Gasteiger partial charge in [0.05, 0.1) is 6.61 Å². The Morgan fingerprint density at radius 1 is 1.07 bits per heavy atom. The van der Waals surface area contributed by atoms with Gasteiger partial charge in [-0.3, -0.25) is 9.11 Å². The summed E-state index contributed by atoms with van der Waals surface area (Å²) in [7, 11) is -4.67. The van der Waals surface area contributed by atoms with Crippen molar-refractivity contribution in [1.29, 1.82) is 0 Å². The zero-order valence-corrected chi connectivity index (χ0v) is 18.8. The number of hydrogen-bond acceptors (Lipinski definition) is 6. The lowest BCUT2D eigenvalue weighted by Crippen LogP contribution is -2.05.